The van der Waals surface area contributed by atoms with Crippen molar-refractivity contribution in [1.82, 2.24) is 0 Å². The van der Waals surface area contributed by atoms with Gasteiger partial charge in [0.1, 0.15) is 0 Å². The predicted molar refractivity (Wildman–Crippen MR) is 193 cm³/mol. The topological polar surface area (TPSA) is 0 Å². The Balaban J connectivity index is 1.70. The molecule has 0 fully saturated rings. The van der Waals surface area contributed by atoms with Gasteiger partial charge in [0.05, 0.1) is 0 Å². The van der Waals surface area contributed by atoms with Crippen LogP contribution in [0.1, 0.15) is 63.8 Å². The van der Waals surface area contributed by atoms with Crippen LogP contribution in [0.15, 0.2) is 119 Å². The van der Waals surface area contributed by atoms with E-state index in [9.17, 15) is 0 Å². The van der Waals surface area contributed by atoms with Crippen molar-refractivity contribution in [2.75, 3.05) is 0 Å². The van der Waals surface area contributed by atoms with Crippen molar-refractivity contribution in [2.24, 2.45) is 0 Å². The molecule has 0 N–H and O–H groups in total. The van der Waals surface area contributed by atoms with Gasteiger partial charge in [-0.25, -0.2) is 0 Å². The summed E-state index contributed by atoms with van der Waals surface area (Å²) in [6.07, 6.45) is 0. The Morgan fingerprint density at radius 1 is 0.381 bits per heavy atom. The summed E-state index contributed by atoms with van der Waals surface area (Å²) in [5.74, 6) is 0. The Bertz CT molecular complexity index is 1310. The third-order valence-corrected chi connectivity index (χ3v) is 31.5. The second-order valence-electron chi connectivity index (χ2n) is 11.8. The van der Waals surface area contributed by atoms with Crippen LogP contribution in [0, 0.1) is 0 Å². The Morgan fingerprint density at radius 2 is 0.643 bits per heavy atom. The first-order chi connectivity index (χ1) is 20.5. The molecule has 0 bridgehead atoms. The molecule has 2 heteroatoms. The molecule has 0 aliphatic carbocycles. The molecule has 4 aromatic carbocycles. The summed E-state index contributed by atoms with van der Waals surface area (Å²) in [4.78, 5) is 5.48. The van der Waals surface area contributed by atoms with E-state index < -0.39 is 26.5 Å². The quantitative estimate of drug-likeness (QED) is 0.124. The van der Waals surface area contributed by atoms with Gasteiger partial charge in [-0.2, -0.15) is 0 Å². The molecule has 0 saturated carbocycles. The molecule has 0 unspecified atom stereocenters. The maximum absolute atomic E-state index is 2.74. The molecule has 0 nitrogen and oxygen atoms in total. The molecule has 0 saturated heterocycles. The van der Waals surface area contributed by atoms with Crippen LogP contribution < -0.4 is 0 Å². The van der Waals surface area contributed by atoms with Crippen LogP contribution in [-0.4, -0.2) is 26.5 Å². The molecule has 0 radical (unpaired) electrons. The van der Waals surface area contributed by atoms with Gasteiger partial charge < -0.3 is 0 Å². The molecule has 0 heterocycles. The zero-order valence-corrected chi connectivity index (χ0v) is 31.0. The molecule has 0 spiro atoms. The number of benzene rings is 4. The van der Waals surface area contributed by atoms with Gasteiger partial charge in [0, 0.05) is 0 Å². The molecular formula is C40H50Ge2. The Kier molecular flexibility index (Phi) is 11.8. The molecule has 42 heavy (non-hydrogen) atoms. The SMILES string of the molecule is C[CH2][Ge](/[CH]=C(/c1ccccc1)c1ccc(-c2ccc(/C(=[CH]\[Ge]([CH2]C)([CH2]C)[CH2]C)c3ccccc3)cc2)cc1)([CH2]C)[CH2]C. The zero-order valence-electron chi connectivity index (χ0n) is 26.8. The molecule has 4 rings (SSSR count). The van der Waals surface area contributed by atoms with E-state index in [1.165, 1.54) is 76.0 Å². The van der Waals surface area contributed by atoms with Crippen LogP contribution in [0.3, 0.4) is 0 Å². The fourth-order valence-corrected chi connectivity index (χ4v) is 19.1. The van der Waals surface area contributed by atoms with Crippen LogP contribution in [0.2, 0.25) is 31.5 Å². The molecule has 0 aliphatic rings. The molecular weight excluding hydrogens is 626 g/mol. The fourth-order valence-electron chi connectivity index (χ4n) is 6.31. The van der Waals surface area contributed by atoms with Crippen molar-refractivity contribution < 1.29 is 0 Å². The van der Waals surface area contributed by atoms with E-state index in [2.05, 4.69) is 161 Å². The second kappa shape index (κ2) is 15.3. The third kappa shape index (κ3) is 7.50. The summed E-state index contributed by atoms with van der Waals surface area (Å²) < 4.78 is 0. The van der Waals surface area contributed by atoms with Gasteiger partial charge in [-0.05, 0) is 0 Å². The van der Waals surface area contributed by atoms with Crippen LogP contribution >= 0.6 is 0 Å². The number of hydrogen-bond acceptors (Lipinski definition) is 0. The fraction of sp³-hybridized carbons (Fsp3) is 0.300. The van der Waals surface area contributed by atoms with Crippen molar-refractivity contribution in [3.63, 3.8) is 0 Å². The van der Waals surface area contributed by atoms with Gasteiger partial charge in [-0.3, -0.25) is 0 Å². The summed E-state index contributed by atoms with van der Waals surface area (Å²) in [6, 6.07) is 40.7. The van der Waals surface area contributed by atoms with E-state index in [1.807, 2.05) is 0 Å². The van der Waals surface area contributed by atoms with E-state index in [0.29, 0.717) is 0 Å². The summed E-state index contributed by atoms with van der Waals surface area (Å²) >= 11 is -4.09. The minimum absolute atomic E-state index is 1.28. The van der Waals surface area contributed by atoms with Crippen molar-refractivity contribution in [3.8, 4) is 11.1 Å². The van der Waals surface area contributed by atoms with E-state index in [0.717, 1.165) is 0 Å². The first kappa shape index (κ1) is 32.4. The Hall–Kier alpha value is -2.55. The van der Waals surface area contributed by atoms with E-state index in [1.54, 1.807) is 0 Å². The molecule has 0 aliphatic heterocycles. The van der Waals surface area contributed by atoms with Crippen molar-refractivity contribution in [2.45, 2.75) is 73.1 Å². The van der Waals surface area contributed by atoms with Gasteiger partial charge in [0.25, 0.3) is 0 Å². The van der Waals surface area contributed by atoms with E-state index >= 15 is 0 Å². The minimum atomic E-state index is -2.05. The number of hydrogen-bond donors (Lipinski definition) is 0. The molecule has 4 aromatic rings. The number of rotatable bonds is 13. The van der Waals surface area contributed by atoms with Gasteiger partial charge in [-0.15, -0.1) is 0 Å². The molecule has 0 atom stereocenters. The van der Waals surface area contributed by atoms with Crippen LogP contribution in [-0.2, 0) is 0 Å². The standard InChI is InChI=1S/C40H50Ge2/c1-7-41(8-2,9-3)31-39(35-19-15-13-16-20-35)37-27-23-33(24-28-37)34-25-29-38(30-26-34)40(36-21-17-14-18-22-36)32-42(10-4,11-5)12-6/h13-32H,7-12H2,1-6H3/b39-31-,40-32-. The van der Waals surface area contributed by atoms with Crippen molar-refractivity contribution in [3.05, 3.63) is 141 Å². The second-order valence-corrected chi connectivity index (χ2v) is 33.4. The maximum atomic E-state index is 2.74. The summed E-state index contributed by atoms with van der Waals surface area (Å²) in [6.45, 7) is 14.5. The van der Waals surface area contributed by atoms with E-state index in [-0.39, 0.29) is 0 Å². The predicted octanol–water partition coefficient (Wildman–Crippen LogP) is 12.3. The normalized spacial score (nSPS) is 12.9. The van der Waals surface area contributed by atoms with Crippen LogP contribution in [0.4, 0.5) is 0 Å². The average Bonchev–Trinajstić information content (AvgIpc) is 3.08. The van der Waals surface area contributed by atoms with Gasteiger partial charge in [-0.1, -0.05) is 0 Å². The van der Waals surface area contributed by atoms with Gasteiger partial charge in [0.15, 0.2) is 0 Å². The Morgan fingerprint density at radius 3 is 0.905 bits per heavy atom. The van der Waals surface area contributed by atoms with Gasteiger partial charge >= 0.3 is 263 Å². The average molecular weight is 676 g/mol. The summed E-state index contributed by atoms with van der Waals surface area (Å²) in [5.41, 5.74) is 10.8. The molecule has 0 aromatic heterocycles. The van der Waals surface area contributed by atoms with Crippen molar-refractivity contribution >= 4 is 37.7 Å². The van der Waals surface area contributed by atoms with Gasteiger partial charge in [0.2, 0.25) is 0 Å². The molecule has 218 valence electrons. The zero-order chi connectivity index (χ0) is 30.0. The summed E-state index contributed by atoms with van der Waals surface area (Å²) in [5, 5.41) is 8.04. The molecule has 0 amide bonds. The van der Waals surface area contributed by atoms with E-state index in [4.69, 9.17) is 0 Å². The van der Waals surface area contributed by atoms with Crippen molar-refractivity contribution in [1.29, 1.82) is 0 Å². The van der Waals surface area contributed by atoms with Crippen LogP contribution in [0.5, 0.6) is 0 Å². The summed E-state index contributed by atoms with van der Waals surface area (Å²) in [7, 11) is 0. The van der Waals surface area contributed by atoms with Crippen LogP contribution in [0.25, 0.3) is 22.3 Å². The Labute approximate surface area is 261 Å². The third-order valence-electron chi connectivity index (χ3n) is 10.0. The monoisotopic (exact) mass is 678 g/mol. The first-order valence-corrected chi connectivity index (χ1v) is 27.6. The first-order valence-electron chi connectivity index (χ1n) is 16.2.